The van der Waals surface area contributed by atoms with Gasteiger partial charge in [-0.15, -0.1) is 0 Å². The SMILES string of the molecule is CCN(C)CCNC(=O)CC(=O)O. The molecule has 13 heavy (non-hydrogen) atoms. The van der Waals surface area contributed by atoms with Crippen LogP contribution in [-0.2, 0) is 9.59 Å². The number of amides is 1. The number of rotatable bonds is 6. The molecule has 0 aromatic rings. The predicted molar refractivity (Wildman–Crippen MR) is 48.4 cm³/mol. The minimum atomic E-state index is -1.10. The smallest absolute Gasteiger partial charge is 0.312 e. The quantitative estimate of drug-likeness (QED) is 0.553. The van der Waals surface area contributed by atoms with Crippen LogP contribution in [0.5, 0.6) is 0 Å². The maximum absolute atomic E-state index is 10.8. The maximum atomic E-state index is 10.8. The summed E-state index contributed by atoms with van der Waals surface area (Å²) in [6.07, 6.45) is -0.449. The first-order valence-electron chi connectivity index (χ1n) is 4.23. The Labute approximate surface area is 77.7 Å². The Morgan fingerprint density at radius 2 is 2.08 bits per heavy atom. The molecule has 0 spiro atoms. The van der Waals surface area contributed by atoms with E-state index in [0.717, 1.165) is 13.1 Å². The molecule has 0 aromatic heterocycles. The van der Waals surface area contributed by atoms with E-state index in [4.69, 9.17) is 5.11 Å². The van der Waals surface area contributed by atoms with Crippen LogP contribution in [0.25, 0.3) is 0 Å². The zero-order valence-corrected chi connectivity index (χ0v) is 8.04. The molecule has 0 unspecified atom stereocenters. The van der Waals surface area contributed by atoms with Gasteiger partial charge in [0, 0.05) is 13.1 Å². The molecule has 2 N–H and O–H groups in total. The molecule has 0 bridgehead atoms. The van der Waals surface area contributed by atoms with Crippen LogP contribution >= 0.6 is 0 Å². The average molecular weight is 188 g/mol. The lowest BCUT2D eigenvalue weighted by Crippen LogP contribution is -2.33. The van der Waals surface area contributed by atoms with Crippen LogP contribution in [0.1, 0.15) is 13.3 Å². The third kappa shape index (κ3) is 7.27. The van der Waals surface area contributed by atoms with Gasteiger partial charge in [-0.2, -0.15) is 0 Å². The van der Waals surface area contributed by atoms with E-state index in [0.29, 0.717) is 6.54 Å². The number of carbonyl (C=O) groups excluding carboxylic acids is 1. The van der Waals surface area contributed by atoms with Crippen molar-refractivity contribution in [3.8, 4) is 0 Å². The van der Waals surface area contributed by atoms with Crippen LogP contribution in [0, 0.1) is 0 Å². The van der Waals surface area contributed by atoms with Gasteiger partial charge in [0.25, 0.3) is 0 Å². The number of hydrogen-bond acceptors (Lipinski definition) is 3. The van der Waals surface area contributed by atoms with Gasteiger partial charge in [0.1, 0.15) is 6.42 Å². The fourth-order valence-electron chi connectivity index (χ4n) is 0.744. The van der Waals surface area contributed by atoms with Crippen LogP contribution < -0.4 is 5.32 Å². The lowest BCUT2D eigenvalue weighted by Gasteiger charge is -2.13. The topological polar surface area (TPSA) is 69.6 Å². The molecule has 0 saturated heterocycles. The second-order valence-electron chi connectivity index (χ2n) is 2.82. The number of nitrogens with zero attached hydrogens (tertiary/aromatic N) is 1. The van der Waals surface area contributed by atoms with E-state index in [1.54, 1.807) is 0 Å². The molecule has 0 aliphatic carbocycles. The normalized spacial score (nSPS) is 10.1. The van der Waals surface area contributed by atoms with Crippen molar-refractivity contribution in [1.82, 2.24) is 10.2 Å². The molecule has 0 heterocycles. The number of carboxylic acids is 1. The summed E-state index contributed by atoms with van der Waals surface area (Å²) < 4.78 is 0. The molecular formula is C8H16N2O3. The molecular weight excluding hydrogens is 172 g/mol. The number of aliphatic carboxylic acids is 1. The fourth-order valence-corrected chi connectivity index (χ4v) is 0.744. The maximum Gasteiger partial charge on any atom is 0.312 e. The molecule has 76 valence electrons. The standard InChI is InChI=1S/C8H16N2O3/c1-3-10(2)5-4-9-7(11)6-8(12)13/h3-6H2,1-2H3,(H,9,11)(H,12,13). The van der Waals surface area contributed by atoms with Crippen molar-refractivity contribution in [2.24, 2.45) is 0 Å². The van der Waals surface area contributed by atoms with Crippen molar-refractivity contribution in [2.75, 3.05) is 26.7 Å². The summed E-state index contributed by atoms with van der Waals surface area (Å²) in [5.41, 5.74) is 0. The van der Waals surface area contributed by atoms with E-state index in [1.807, 2.05) is 18.9 Å². The van der Waals surface area contributed by atoms with E-state index in [9.17, 15) is 9.59 Å². The molecule has 0 fully saturated rings. The average Bonchev–Trinajstić information content (AvgIpc) is 2.02. The Hall–Kier alpha value is -1.10. The number of hydrogen-bond donors (Lipinski definition) is 2. The minimum Gasteiger partial charge on any atom is -0.481 e. The van der Waals surface area contributed by atoms with Crippen molar-refractivity contribution in [3.63, 3.8) is 0 Å². The lowest BCUT2D eigenvalue weighted by atomic mass is 10.4. The molecule has 1 amide bonds. The summed E-state index contributed by atoms with van der Waals surface area (Å²) in [5.74, 6) is -1.53. The van der Waals surface area contributed by atoms with Crippen LogP contribution in [0.4, 0.5) is 0 Å². The zero-order chi connectivity index (χ0) is 10.3. The van der Waals surface area contributed by atoms with Crippen molar-refractivity contribution in [3.05, 3.63) is 0 Å². The van der Waals surface area contributed by atoms with Crippen molar-refractivity contribution >= 4 is 11.9 Å². The van der Waals surface area contributed by atoms with Gasteiger partial charge in [-0.1, -0.05) is 6.92 Å². The third-order valence-electron chi connectivity index (χ3n) is 1.67. The van der Waals surface area contributed by atoms with Gasteiger partial charge in [0.15, 0.2) is 0 Å². The molecule has 5 nitrogen and oxygen atoms in total. The van der Waals surface area contributed by atoms with Gasteiger partial charge in [0.2, 0.25) is 5.91 Å². The molecule has 0 aliphatic heterocycles. The van der Waals surface area contributed by atoms with Crippen molar-refractivity contribution in [2.45, 2.75) is 13.3 Å². The van der Waals surface area contributed by atoms with Gasteiger partial charge in [0.05, 0.1) is 0 Å². The van der Waals surface area contributed by atoms with Gasteiger partial charge in [-0.3, -0.25) is 9.59 Å². The monoisotopic (exact) mass is 188 g/mol. The Morgan fingerprint density at radius 3 is 2.54 bits per heavy atom. The number of carboxylic acid groups (broad SMARTS) is 1. The van der Waals surface area contributed by atoms with Gasteiger partial charge in [-0.25, -0.2) is 0 Å². The van der Waals surface area contributed by atoms with E-state index in [-0.39, 0.29) is 0 Å². The Kier molecular flexibility index (Phi) is 5.88. The lowest BCUT2D eigenvalue weighted by molar-refractivity contribution is -0.140. The molecule has 5 heteroatoms. The van der Waals surface area contributed by atoms with E-state index in [2.05, 4.69) is 5.32 Å². The summed E-state index contributed by atoms with van der Waals surface area (Å²) in [5, 5.41) is 10.8. The molecule has 0 aromatic carbocycles. The van der Waals surface area contributed by atoms with E-state index < -0.39 is 18.3 Å². The summed E-state index contributed by atoms with van der Waals surface area (Å²) in [4.78, 5) is 22.9. The van der Waals surface area contributed by atoms with Crippen LogP contribution in [0.3, 0.4) is 0 Å². The van der Waals surface area contributed by atoms with E-state index in [1.165, 1.54) is 0 Å². The summed E-state index contributed by atoms with van der Waals surface area (Å²) >= 11 is 0. The second kappa shape index (κ2) is 6.42. The highest BCUT2D eigenvalue weighted by Gasteiger charge is 2.06. The minimum absolute atomic E-state index is 0.433. The molecule has 0 saturated carbocycles. The summed E-state index contributed by atoms with van der Waals surface area (Å²) in [6.45, 7) is 4.16. The van der Waals surface area contributed by atoms with Crippen molar-refractivity contribution < 1.29 is 14.7 Å². The Balaban J connectivity index is 3.42. The number of carbonyl (C=O) groups is 2. The first-order chi connectivity index (χ1) is 6.06. The summed E-state index contributed by atoms with van der Waals surface area (Å²) in [6, 6.07) is 0. The Morgan fingerprint density at radius 1 is 1.46 bits per heavy atom. The first-order valence-corrected chi connectivity index (χ1v) is 4.23. The molecule has 0 radical (unpaired) electrons. The molecule has 0 rings (SSSR count). The highest BCUT2D eigenvalue weighted by Crippen LogP contribution is 1.81. The summed E-state index contributed by atoms with van der Waals surface area (Å²) in [7, 11) is 1.93. The number of nitrogens with one attached hydrogen (secondary N) is 1. The second-order valence-corrected chi connectivity index (χ2v) is 2.82. The van der Waals surface area contributed by atoms with Gasteiger partial charge < -0.3 is 15.3 Å². The van der Waals surface area contributed by atoms with Gasteiger partial charge in [-0.05, 0) is 13.6 Å². The third-order valence-corrected chi connectivity index (χ3v) is 1.67. The molecule has 0 atom stereocenters. The van der Waals surface area contributed by atoms with Crippen LogP contribution in [0.15, 0.2) is 0 Å². The molecule has 0 aliphatic rings. The van der Waals surface area contributed by atoms with Crippen LogP contribution in [0.2, 0.25) is 0 Å². The van der Waals surface area contributed by atoms with E-state index >= 15 is 0 Å². The highest BCUT2D eigenvalue weighted by molar-refractivity contribution is 5.93. The fraction of sp³-hybridized carbons (Fsp3) is 0.750. The predicted octanol–water partition coefficient (Wildman–Crippen LogP) is -0.471. The largest absolute Gasteiger partial charge is 0.481 e. The van der Waals surface area contributed by atoms with Crippen molar-refractivity contribution in [1.29, 1.82) is 0 Å². The Bertz CT molecular complexity index is 182. The number of likely N-dealkylation sites (N-methyl/N-ethyl adjacent to an activating group) is 1. The van der Waals surface area contributed by atoms with Crippen LogP contribution in [-0.4, -0.2) is 48.6 Å². The first kappa shape index (κ1) is 11.9. The van der Waals surface area contributed by atoms with Gasteiger partial charge >= 0.3 is 5.97 Å². The highest BCUT2D eigenvalue weighted by atomic mass is 16.4. The zero-order valence-electron chi connectivity index (χ0n) is 8.04.